The summed E-state index contributed by atoms with van der Waals surface area (Å²) in [7, 11) is 3.29. The van der Waals surface area contributed by atoms with Gasteiger partial charge in [-0.15, -0.1) is 0 Å². The van der Waals surface area contributed by atoms with Crippen LogP contribution in [-0.4, -0.2) is 41.5 Å². The summed E-state index contributed by atoms with van der Waals surface area (Å²) in [6.07, 6.45) is 5.11. The van der Waals surface area contributed by atoms with Gasteiger partial charge in [-0.3, -0.25) is 4.79 Å². The fraction of sp³-hybridized carbons (Fsp3) is 0.474. The van der Waals surface area contributed by atoms with Crippen molar-refractivity contribution in [3.05, 3.63) is 41.0 Å². The summed E-state index contributed by atoms with van der Waals surface area (Å²) in [4.78, 5) is 22.5. The lowest BCUT2D eigenvalue weighted by Crippen LogP contribution is -2.41. The third kappa shape index (κ3) is 2.86. The quantitative estimate of drug-likeness (QED) is 0.928. The molecule has 6 heteroatoms. The Labute approximate surface area is 147 Å². The van der Waals surface area contributed by atoms with Crippen LogP contribution in [0.3, 0.4) is 0 Å². The van der Waals surface area contributed by atoms with Gasteiger partial charge in [-0.05, 0) is 42.5 Å². The first-order chi connectivity index (χ1) is 12.2. The summed E-state index contributed by atoms with van der Waals surface area (Å²) in [6, 6.07) is 4.04. The van der Waals surface area contributed by atoms with E-state index in [1.165, 1.54) is 5.56 Å². The fourth-order valence-corrected chi connectivity index (χ4v) is 3.94. The van der Waals surface area contributed by atoms with E-state index in [0.29, 0.717) is 6.54 Å². The van der Waals surface area contributed by atoms with Gasteiger partial charge in [0.1, 0.15) is 0 Å². The monoisotopic (exact) mass is 341 g/mol. The highest BCUT2D eigenvalue weighted by atomic mass is 16.5. The normalized spacial score (nSPS) is 19.1. The van der Waals surface area contributed by atoms with Crippen molar-refractivity contribution in [2.75, 3.05) is 20.8 Å². The van der Waals surface area contributed by atoms with Crippen LogP contribution in [0, 0.1) is 5.92 Å². The number of aromatic nitrogens is 2. The van der Waals surface area contributed by atoms with Crippen molar-refractivity contribution in [2.24, 2.45) is 5.92 Å². The number of aryl methyl sites for hydroxylation is 1. The summed E-state index contributed by atoms with van der Waals surface area (Å²) in [5, 5.41) is 0. The van der Waals surface area contributed by atoms with Gasteiger partial charge in [0.2, 0.25) is 5.91 Å². The van der Waals surface area contributed by atoms with Crippen LogP contribution < -0.4 is 9.47 Å². The second kappa shape index (κ2) is 6.43. The topological polar surface area (TPSA) is 67.5 Å². The molecule has 0 bridgehead atoms. The minimum Gasteiger partial charge on any atom is -0.493 e. The van der Waals surface area contributed by atoms with Crippen LogP contribution in [0.15, 0.2) is 18.5 Å². The largest absolute Gasteiger partial charge is 0.493 e. The molecule has 25 heavy (non-hydrogen) atoms. The number of carbonyl (C=O) groups is 1. The second-order valence-corrected chi connectivity index (χ2v) is 6.75. The Balaban J connectivity index is 1.51. The molecule has 6 nitrogen and oxygen atoms in total. The third-order valence-corrected chi connectivity index (χ3v) is 5.37. The molecule has 0 spiro atoms. The lowest BCUT2D eigenvalue weighted by Gasteiger charge is -2.33. The summed E-state index contributed by atoms with van der Waals surface area (Å²) in [5.74, 6) is 1.77. The van der Waals surface area contributed by atoms with Crippen LogP contribution in [0.2, 0.25) is 0 Å². The molecule has 0 saturated heterocycles. The van der Waals surface area contributed by atoms with Crippen molar-refractivity contribution in [3.8, 4) is 11.5 Å². The highest BCUT2D eigenvalue weighted by Crippen LogP contribution is 2.34. The van der Waals surface area contributed by atoms with E-state index in [1.807, 2.05) is 17.0 Å². The molecule has 132 valence electrons. The summed E-state index contributed by atoms with van der Waals surface area (Å²) >= 11 is 0. The Kier molecular flexibility index (Phi) is 4.11. The molecular formula is C19H23N3O3. The maximum Gasteiger partial charge on any atom is 0.226 e. The van der Waals surface area contributed by atoms with Gasteiger partial charge in [0, 0.05) is 31.1 Å². The Morgan fingerprint density at radius 1 is 1.20 bits per heavy atom. The molecule has 1 aliphatic heterocycles. The Morgan fingerprint density at radius 2 is 1.96 bits per heavy atom. The molecule has 1 unspecified atom stereocenters. The Bertz CT molecular complexity index is 799. The molecule has 0 radical (unpaired) electrons. The SMILES string of the molecule is COc1cc2c(cc1OC)CN(C(=O)C1CCc3nc[nH]c3C1)CC2. The molecule has 1 amide bonds. The Hall–Kier alpha value is -2.50. The highest BCUT2D eigenvalue weighted by Gasteiger charge is 2.31. The number of methoxy groups -OCH3 is 2. The molecule has 4 rings (SSSR count). The van der Waals surface area contributed by atoms with Crippen molar-refractivity contribution in [2.45, 2.75) is 32.2 Å². The number of fused-ring (bicyclic) bond motifs is 2. The van der Waals surface area contributed by atoms with Gasteiger partial charge >= 0.3 is 0 Å². The zero-order valence-electron chi connectivity index (χ0n) is 14.7. The molecule has 2 aliphatic rings. The zero-order valence-corrected chi connectivity index (χ0v) is 14.7. The van der Waals surface area contributed by atoms with Gasteiger partial charge < -0.3 is 19.4 Å². The molecule has 0 saturated carbocycles. The molecule has 1 N–H and O–H groups in total. The van der Waals surface area contributed by atoms with Crippen LogP contribution in [0.1, 0.15) is 28.9 Å². The average molecular weight is 341 g/mol. The maximum absolute atomic E-state index is 13.0. The molecule has 2 aromatic rings. The van der Waals surface area contributed by atoms with Gasteiger partial charge in [0.25, 0.3) is 0 Å². The van der Waals surface area contributed by atoms with E-state index in [0.717, 1.165) is 60.7 Å². The number of aromatic amines is 1. The fourth-order valence-electron chi connectivity index (χ4n) is 3.94. The van der Waals surface area contributed by atoms with Crippen LogP contribution in [-0.2, 0) is 30.6 Å². The number of benzene rings is 1. The van der Waals surface area contributed by atoms with E-state index in [1.54, 1.807) is 20.5 Å². The van der Waals surface area contributed by atoms with Gasteiger partial charge in [-0.2, -0.15) is 0 Å². The number of carbonyl (C=O) groups excluding carboxylic acids is 1. The van der Waals surface area contributed by atoms with Gasteiger partial charge in [-0.1, -0.05) is 0 Å². The standard InChI is InChI=1S/C19H23N3O3/c1-24-17-8-12-5-6-22(10-14(12)9-18(17)25-2)19(23)13-3-4-15-16(7-13)21-11-20-15/h8-9,11,13H,3-7,10H2,1-2H3,(H,20,21). The number of imidazole rings is 1. The number of hydrogen-bond donors (Lipinski definition) is 1. The number of nitrogens with one attached hydrogen (secondary N) is 1. The maximum atomic E-state index is 13.0. The third-order valence-electron chi connectivity index (χ3n) is 5.37. The summed E-state index contributed by atoms with van der Waals surface area (Å²) in [5.41, 5.74) is 4.62. The Morgan fingerprint density at radius 3 is 2.72 bits per heavy atom. The van der Waals surface area contributed by atoms with Crippen molar-refractivity contribution in [1.82, 2.24) is 14.9 Å². The lowest BCUT2D eigenvalue weighted by atomic mass is 9.88. The number of nitrogens with zero attached hydrogens (tertiary/aromatic N) is 2. The van der Waals surface area contributed by atoms with E-state index in [9.17, 15) is 4.79 Å². The van der Waals surface area contributed by atoms with E-state index >= 15 is 0 Å². The zero-order chi connectivity index (χ0) is 17.4. The van der Waals surface area contributed by atoms with Crippen molar-refractivity contribution < 1.29 is 14.3 Å². The van der Waals surface area contributed by atoms with E-state index in [-0.39, 0.29) is 11.8 Å². The molecule has 1 aromatic carbocycles. The van der Waals surface area contributed by atoms with Crippen molar-refractivity contribution in [1.29, 1.82) is 0 Å². The van der Waals surface area contributed by atoms with Gasteiger partial charge in [0.05, 0.1) is 26.2 Å². The van der Waals surface area contributed by atoms with E-state index < -0.39 is 0 Å². The van der Waals surface area contributed by atoms with Crippen LogP contribution in [0.4, 0.5) is 0 Å². The van der Waals surface area contributed by atoms with E-state index in [4.69, 9.17) is 9.47 Å². The van der Waals surface area contributed by atoms with E-state index in [2.05, 4.69) is 9.97 Å². The molecule has 1 atom stereocenters. The van der Waals surface area contributed by atoms with Crippen LogP contribution in [0.5, 0.6) is 11.5 Å². The molecule has 1 aliphatic carbocycles. The number of H-pyrrole nitrogens is 1. The van der Waals surface area contributed by atoms with Gasteiger partial charge in [-0.25, -0.2) is 4.98 Å². The highest BCUT2D eigenvalue weighted by molar-refractivity contribution is 5.79. The number of rotatable bonds is 3. The van der Waals surface area contributed by atoms with Crippen LogP contribution >= 0.6 is 0 Å². The minimum absolute atomic E-state index is 0.0506. The van der Waals surface area contributed by atoms with Crippen molar-refractivity contribution >= 4 is 5.91 Å². The predicted octanol–water partition coefficient (Wildman–Crippen LogP) is 2.12. The first-order valence-electron chi connectivity index (χ1n) is 8.73. The number of ether oxygens (including phenoxy) is 2. The first-order valence-corrected chi connectivity index (χ1v) is 8.73. The summed E-state index contributed by atoms with van der Waals surface area (Å²) in [6.45, 7) is 1.40. The lowest BCUT2D eigenvalue weighted by molar-refractivity contribution is -0.136. The van der Waals surface area contributed by atoms with Crippen LogP contribution in [0.25, 0.3) is 0 Å². The van der Waals surface area contributed by atoms with Gasteiger partial charge in [0.15, 0.2) is 11.5 Å². The first kappa shape index (κ1) is 16.0. The minimum atomic E-state index is 0.0506. The summed E-state index contributed by atoms with van der Waals surface area (Å²) < 4.78 is 10.8. The number of hydrogen-bond acceptors (Lipinski definition) is 4. The second-order valence-electron chi connectivity index (χ2n) is 6.75. The number of amides is 1. The average Bonchev–Trinajstić information content (AvgIpc) is 3.13. The molecule has 1 aromatic heterocycles. The van der Waals surface area contributed by atoms with Crippen molar-refractivity contribution in [3.63, 3.8) is 0 Å². The molecule has 2 heterocycles. The smallest absolute Gasteiger partial charge is 0.226 e. The molecule has 0 fully saturated rings. The predicted molar refractivity (Wildman–Crippen MR) is 92.8 cm³/mol. The molecular weight excluding hydrogens is 318 g/mol.